The second-order valence-electron chi connectivity index (χ2n) is 4.83. The number of ether oxygens (including phenoxy) is 1. The van der Waals surface area contributed by atoms with E-state index >= 15 is 0 Å². The van der Waals surface area contributed by atoms with E-state index in [1.165, 1.54) is 4.31 Å². The normalized spacial score (nSPS) is 18.0. The lowest BCUT2D eigenvalue weighted by Gasteiger charge is -2.31. The van der Waals surface area contributed by atoms with Gasteiger partial charge >= 0.3 is 0 Å². The first kappa shape index (κ1) is 16.1. The van der Waals surface area contributed by atoms with Gasteiger partial charge in [-0.2, -0.15) is 4.31 Å². The van der Waals surface area contributed by atoms with Gasteiger partial charge in [0.1, 0.15) is 16.4 Å². The summed E-state index contributed by atoms with van der Waals surface area (Å²) in [7, 11) is -4.01. The van der Waals surface area contributed by atoms with Gasteiger partial charge in [-0.1, -0.05) is 0 Å². The van der Waals surface area contributed by atoms with Gasteiger partial charge in [-0.25, -0.2) is 17.2 Å². The van der Waals surface area contributed by atoms with E-state index in [0.717, 1.165) is 12.1 Å². The van der Waals surface area contributed by atoms with Gasteiger partial charge in [0.2, 0.25) is 10.0 Å². The predicted octanol–water partition coefficient (Wildman–Crippen LogP) is 1.74. The topological polar surface area (TPSA) is 72.6 Å². The van der Waals surface area contributed by atoms with Crippen molar-refractivity contribution in [3.05, 3.63) is 23.8 Å². The molecule has 2 N–H and O–H groups in total. The molecule has 1 aromatic carbocycles. The largest absolute Gasteiger partial charge is 0.394 e. The Bertz CT molecular complexity index is 614. The molecule has 5 nitrogen and oxygen atoms in total. The highest BCUT2D eigenvalue weighted by Crippen LogP contribution is 2.27. The molecule has 0 saturated carbocycles. The SMILES string of the molecule is CCOC1CCN(S(=O)(=O)c2ccc(F)c(N)c2F)CC1. The van der Waals surface area contributed by atoms with Crippen LogP contribution in [0.4, 0.5) is 14.5 Å². The first-order valence-electron chi connectivity index (χ1n) is 6.73. The van der Waals surface area contributed by atoms with E-state index in [2.05, 4.69) is 0 Å². The van der Waals surface area contributed by atoms with Crippen LogP contribution in [0.3, 0.4) is 0 Å². The Morgan fingerprint density at radius 3 is 2.52 bits per heavy atom. The second-order valence-corrected chi connectivity index (χ2v) is 6.74. The average Bonchev–Trinajstić information content (AvgIpc) is 2.45. The summed E-state index contributed by atoms with van der Waals surface area (Å²) in [5.74, 6) is -2.21. The monoisotopic (exact) mass is 320 g/mol. The number of piperidine rings is 1. The fourth-order valence-corrected chi connectivity index (χ4v) is 3.91. The lowest BCUT2D eigenvalue weighted by Crippen LogP contribution is -2.41. The van der Waals surface area contributed by atoms with Crippen LogP contribution in [0.1, 0.15) is 19.8 Å². The molecule has 118 valence electrons. The summed E-state index contributed by atoms with van der Waals surface area (Å²) in [6.45, 7) is 2.92. The lowest BCUT2D eigenvalue weighted by atomic mass is 10.1. The molecule has 8 heteroatoms. The molecule has 0 bridgehead atoms. The highest BCUT2D eigenvalue weighted by Gasteiger charge is 2.32. The average molecular weight is 320 g/mol. The number of anilines is 1. The van der Waals surface area contributed by atoms with E-state index < -0.39 is 32.2 Å². The molecule has 0 atom stereocenters. The molecular formula is C13H18F2N2O3S. The summed E-state index contributed by atoms with van der Waals surface area (Å²) in [6.07, 6.45) is 1.11. The summed E-state index contributed by atoms with van der Waals surface area (Å²) in [5.41, 5.74) is 4.44. The van der Waals surface area contributed by atoms with Gasteiger partial charge in [-0.05, 0) is 31.9 Å². The molecule has 0 amide bonds. The fourth-order valence-electron chi connectivity index (χ4n) is 2.36. The van der Waals surface area contributed by atoms with Crippen LogP contribution in [-0.2, 0) is 14.8 Å². The first-order chi connectivity index (χ1) is 9.87. The van der Waals surface area contributed by atoms with Crippen LogP contribution >= 0.6 is 0 Å². The van der Waals surface area contributed by atoms with Gasteiger partial charge < -0.3 is 10.5 Å². The molecule has 0 spiro atoms. The van der Waals surface area contributed by atoms with Gasteiger partial charge in [0.25, 0.3) is 0 Å². The fraction of sp³-hybridized carbons (Fsp3) is 0.538. The van der Waals surface area contributed by atoms with Crippen LogP contribution in [0.25, 0.3) is 0 Å². The predicted molar refractivity (Wildman–Crippen MR) is 74.2 cm³/mol. The number of sulfonamides is 1. The highest BCUT2D eigenvalue weighted by atomic mass is 32.2. The van der Waals surface area contributed by atoms with Gasteiger partial charge in [0.05, 0.1) is 6.10 Å². The van der Waals surface area contributed by atoms with Crippen molar-refractivity contribution in [1.82, 2.24) is 4.31 Å². The smallest absolute Gasteiger partial charge is 0.246 e. The van der Waals surface area contributed by atoms with E-state index in [-0.39, 0.29) is 19.2 Å². The van der Waals surface area contributed by atoms with E-state index in [1.54, 1.807) is 0 Å². The minimum absolute atomic E-state index is 0.0181. The Labute approximate surface area is 122 Å². The van der Waals surface area contributed by atoms with Gasteiger partial charge in [0, 0.05) is 19.7 Å². The van der Waals surface area contributed by atoms with Crippen molar-refractivity contribution in [2.45, 2.75) is 30.8 Å². The number of rotatable bonds is 4. The van der Waals surface area contributed by atoms with Crippen LogP contribution in [0.2, 0.25) is 0 Å². The molecule has 21 heavy (non-hydrogen) atoms. The Morgan fingerprint density at radius 2 is 1.95 bits per heavy atom. The van der Waals surface area contributed by atoms with Crippen LogP contribution in [0.5, 0.6) is 0 Å². The lowest BCUT2D eigenvalue weighted by molar-refractivity contribution is 0.0290. The van der Waals surface area contributed by atoms with E-state index in [9.17, 15) is 17.2 Å². The Hall–Kier alpha value is -1.25. The molecule has 0 radical (unpaired) electrons. The van der Waals surface area contributed by atoms with Crippen LogP contribution < -0.4 is 5.73 Å². The number of nitrogens with zero attached hydrogens (tertiary/aromatic N) is 1. The maximum atomic E-state index is 13.9. The third kappa shape index (κ3) is 3.17. The van der Waals surface area contributed by atoms with Gasteiger partial charge in [-0.15, -0.1) is 0 Å². The van der Waals surface area contributed by atoms with E-state index in [1.807, 2.05) is 6.92 Å². The van der Waals surface area contributed by atoms with Crippen molar-refractivity contribution < 1.29 is 21.9 Å². The molecule has 1 saturated heterocycles. The number of hydrogen-bond acceptors (Lipinski definition) is 4. The third-order valence-electron chi connectivity index (χ3n) is 3.51. The summed E-state index contributed by atoms with van der Waals surface area (Å²) in [6, 6.07) is 1.77. The maximum absolute atomic E-state index is 13.9. The molecule has 1 aliphatic rings. The van der Waals surface area contributed by atoms with Crippen molar-refractivity contribution in [2.75, 3.05) is 25.4 Å². The van der Waals surface area contributed by atoms with Crippen LogP contribution in [-0.4, -0.2) is 38.5 Å². The Morgan fingerprint density at radius 1 is 1.33 bits per heavy atom. The number of hydrogen-bond donors (Lipinski definition) is 1. The van der Waals surface area contributed by atoms with Crippen molar-refractivity contribution in [2.24, 2.45) is 0 Å². The van der Waals surface area contributed by atoms with Gasteiger partial charge in [0.15, 0.2) is 5.82 Å². The van der Waals surface area contributed by atoms with E-state index in [4.69, 9.17) is 10.5 Å². The van der Waals surface area contributed by atoms with Crippen LogP contribution in [0.15, 0.2) is 17.0 Å². The number of benzene rings is 1. The number of nitrogen functional groups attached to an aromatic ring is 1. The summed E-state index contributed by atoms with van der Waals surface area (Å²) >= 11 is 0. The molecule has 1 aliphatic heterocycles. The molecule has 0 aliphatic carbocycles. The summed E-state index contributed by atoms with van der Waals surface area (Å²) in [5, 5.41) is 0. The molecule has 1 aromatic rings. The van der Waals surface area contributed by atoms with Crippen LogP contribution in [0, 0.1) is 11.6 Å². The molecule has 0 aromatic heterocycles. The quantitative estimate of drug-likeness (QED) is 0.858. The van der Waals surface area contributed by atoms with Crippen molar-refractivity contribution in [3.63, 3.8) is 0 Å². The molecule has 0 unspecified atom stereocenters. The molecule has 2 rings (SSSR count). The zero-order valence-electron chi connectivity index (χ0n) is 11.7. The summed E-state index contributed by atoms with van der Waals surface area (Å²) < 4.78 is 58.5. The second kappa shape index (κ2) is 6.25. The highest BCUT2D eigenvalue weighted by molar-refractivity contribution is 7.89. The molecule has 1 fully saturated rings. The van der Waals surface area contributed by atoms with Crippen molar-refractivity contribution in [3.8, 4) is 0 Å². The van der Waals surface area contributed by atoms with Gasteiger partial charge in [-0.3, -0.25) is 0 Å². The van der Waals surface area contributed by atoms with Crippen molar-refractivity contribution in [1.29, 1.82) is 0 Å². The molecular weight excluding hydrogens is 302 g/mol. The zero-order valence-corrected chi connectivity index (χ0v) is 12.5. The minimum Gasteiger partial charge on any atom is -0.394 e. The standard InChI is InChI=1S/C13H18F2N2O3S/c1-2-20-9-5-7-17(8-6-9)21(18,19)11-4-3-10(14)13(16)12(11)15/h3-4,9H,2,5-8,16H2,1H3. The zero-order chi connectivity index (χ0) is 15.6. The third-order valence-corrected chi connectivity index (χ3v) is 5.43. The van der Waals surface area contributed by atoms with Crippen molar-refractivity contribution >= 4 is 15.7 Å². The molecule has 1 heterocycles. The minimum atomic E-state index is -4.01. The Balaban J connectivity index is 2.22. The Kier molecular flexibility index (Phi) is 4.80. The number of nitrogens with two attached hydrogens (primary N) is 1. The first-order valence-corrected chi connectivity index (χ1v) is 8.17. The maximum Gasteiger partial charge on any atom is 0.246 e. The summed E-state index contributed by atoms with van der Waals surface area (Å²) in [4.78, 5) is -0.587. The van der Waals surface area contributed by atoms with E-state index in [0.29, 0.717) is 19.4 Å². The number of halogens is 2.